The van der Waals surface area contributed by atoms with Crippen molar-refractivity contribution in [1.82, 2.24) is 0 Å². The number of benzene rings is 3. The lowest BCUT2D eigenvalue weighted by atomic mass is 10.1. The van der Waals surface area contributed by atoms with Crippen LogP contribution < -0.4 is 10.1 Å². The fraction of sp³-hybridized carbons (Fsp3) is 0.0952. The number of para-hydroxylation sites is 1. The van der Waals surface area contributed by atoms with Crippen LogP contribution in [0.25, 0.3) is 0 Å². The van der Waals surface area contributed by atoms with E-state index in [0.29, 0.717) is 11.3 Å². The zero-order valence-corrected chi connectivity index (χ0v) is 17.9. The number of phenols is 2. The van der Waals surface area contributed by atoms with Gasteiger partial charge in [0.2, 0.25) is 0 Å². The Balaban J connectivity index is 1.87. The summed E-state index contributed by atoms with van der Waals surface area (Å²) in [6, 6.07) is 12.8. The van der Waals surface area contributed by atoms with Crippen molar-refractivity contribution in [3.63, 3.8) is 0 Å². The van der Waals surface area contributed by atoms with Gasteiger partial charge in [-0.25, -0.2) is 8.42 Å². The first kappa shape index (κ1) is 22.6. The van der Waals surface area contributed by atoms with Crippen molar-refractivity contribution in [2.24, 2.45) is 5.10 Å². The van der Waals surface area contributed by atoms with E-state index in [1.807, 2.05) is 13.0 Å². The first-order chi connectivity index (χ1) is 15.1. The molecule has 0 atom stereocenters. The SMILES string of the molecule is Cc1ccc(NS(=O)(=O)c2ccc(N/N=C/c3cccc(O)c3O)c([N+](=O)[O-])c2)c(C)c1. The Kier molecular flexibility index (Phi) is 6.30. The molecule has 11 heteroatoms. The summed E-state index contributed by atoms with van der Waals surface area (Å²) in [5, 5.41) is 34.6. The number of hydrazone groups is 1. The van der Waals surface area contributed by atoms with Gasteiger partial charge in [-0.05, 0) is 49.7 Å². The number of hydrogen-bond acceptors (Lipinski definition) is 8. The summed E-state index contributed by atoms with van der Waals surface area (Å²) in [5.41, 5.74) is 4.12. The third-order valence-electron chi connectivity index (χ3n) is 4.54. The van der Waals surface area contributed by atoms with E-state index in [0.717, 1.165) is 17.8 Å². The first-order valence-corrected chi connectivity index (χ1v) is 10.8. The van der Waals surface area contributed by atoms with Gasteiger partial charge in [-0.15, -0.1) is 0 Å². The third-order valence-corrected chi connectivity index (χ3v) is 5.90. The Morgan fingerprint density at radius 1 is 1.03 bits per heavy atom. The van der Waals surface area contributed by atoms with Crippen molar-refractivity contribution in [3.05, 3.63) is 81.4 Å². The Morgan fingerprint density at radius 3 is 2.44 bits per heavy atom. The van der Waals surface area contributed by atoms with Crippen LogP contribution in [-0.2, 0) is 10.0 Å². The summed E-state index contributed by atoms with van der Waals surface area (Å²) in [4.78, 5) is 10.5. The van der Waals surface area contributed by atoms with Gasteiger partial charge < -0.3 is 10.2 Å². The Labute approximate surface area is 184 Å². The minimum Gasteiger partial charge on any atom is -0.504 e. The molecular weight excluding hydrogens is 436 g/mol. The van der Waals surface area contributed by atoms with Crippen LogP contribution in [0.4, 0.5) is 17.1 Å². The van der Waals surface area contributed by atoms with E-state index in [1.165, 1.54) is 30.3 Å². The van der Waals surface area contributed by atoms with E-state index >= 15 is 0 Å². The van der Waals surface area contributed by atoms with Gasteiger partial charge in [0.15, 0.2) is 11.5 Å². The topological polar surface area (TPSA) is 154 Å². The highest BCUT2D eigenvalue weighted by atomic mass is 32.2. The van der Waals surface area contributed by atoms with Crippen LogP contribution in [0.5, 0.6) is 11.5 Å². The molecule has 0 saturated carbocycles. The fourth-order valence-corrected chi connectivity index (χ4v) is 4.03. The zero-order valence-electron chi connectivity index (χ0n) is 17.1. The van der Waals surface area contributed by atoms with Crippen molar-refractivity contribution < 1.29 is 23.6 Å². The Morgan fingerprint density at radius 2 is 1.75 bits per heavy atom. The molecular formula is C21H20N4O6S. The second-order valence-electron chi connectivity index (χ2n) is 6.94. The summed E-state index contributed by atoms with van der Waals surface area (Å²) < 4.78 is 28.0. The van der Waals surface area contributed by atoms with Crippen molar-refractivity contribution in [3.8, 4) is 11.5 Å². The zero-order chi connectivity index (χ0) is 23.5. The van der Waals surface area contributed by atoms with Crippen molar-refractivity contribution in [2.75, 3.05) is 10.1 Å². The molecule has 0 amide bonds. The Bertz CT molecular complexity index is 1320. The fourth-order valence-electron chi connectivity index (χ4n) is 2.88. The molecule has 32 heavy (non-hydrogen) atoms. The van der Waals surface area contributed by atoms with Crippen LogP contribution in [0.1, 0.15) is 16.7 Å². The molecule has 0 unspecified atom stereocenters. The van der Waals surface area contributed by atoms with Crippen LogP contribution in [0.2, 0.25) is 0 Å². The lowest BCUT2D eigenvalue weighted by Gasteiger charge is -2.12. The van der Waals surface area contributed by atoms with Gasteiger partial charge in [0.25, 0.3) is 15.7 Å². The van der Waals surface area contributed by atoms with E-state index in [1.54, 1.807) is 19.1 Å². The lowest BCUT2D eigenvalue weighted by molar-refractivity contribution is -0.384. The molecule has 0 aliphatic carbocycles. The van der Waals surface area contributed by atoms with E-state index in [4.69, 9.17) is 0 Å². The monoisotopic (exact) mass is 456 g/mol. The van der Waals surface area contributed by atoms with Crippen LogP contribution >= 0.6 is 0 Å². The molecule has 0 radical (unpaired) electrons. The number of aromatic hydroxyl groups is 2. The highest BCUT2D eigenvalue weighted by Gasteiger charge is 2.22. The number of nitro groups is 1. The summed E-state index contributed by atoms with van der Waals surface area (Å²) in [6.45, 7) is 3.63. The molecule has 3 rings (SSSR count). The van der Waals surface area contributed by atoms with Gasteiger partial charge >= 0.3 is 0 Å². The molecule has 166 valence electrons. The van der Waals surface area contributed by atoms with E-state index in [9.17, 15) is 28.7 Å². The highest BCUT2D eigenvalue weighted by molar-refractivity contribution is 7.92. The smallest absolute Gasteiger partial charge is 0.295 e. The van der Waals surface area contributed by atoms with Crippen molar-refractivity contribution >= 4 is 33.3 Å². The second kappa shape index (κ2) is 8.94. The molecule has 0 bridgehead atoms. The van der Waals surface area contributed by atoms with Crippen LogP contribution in [-0.4, -0.2) is 29.8 Å². The van der Waals surface area contributed by atoms with Gasteiger partial charge in [-0.1, -0.05) is 23.8 Å². The van der Waals surface area contributed by atoms with Gasteiger partial charge in [0.1, 0.15) is 5.69 Å². The molecule has 0 fully saturated rings. The lowest BCUT2D eigenvalue weighted by Crippen LogP contribution is -2.14. The van der Waals surface area contributed by atoms with Gasteiger partial charge in [0, 0.05) is 11.6 Å². The molecule has 10 nitrogen and oxygen atoms in total. The van der Waals surface area contributed by atoms with Gasteiger partial charge in [-0.2, -0.15) is 5.10 Å². The number of rotatable bonds is 7. The second-order valence-corrected chi connectivity index (χ2v) is 8.63. The van der Waals surface area contributed by atoms with Crippen LogP contribution in [0, 0.1) is 24.0 Å². The minimum atomic E-state index is -4.08. The molecule has 0 aliphatic heterocycles. The molecule has 0 heterocycles. The summed E-state index contributed by atoms with van der Waals surface area (Å²) >= 11 is 0. The maximum absolute atomic E-state index is 12.8. The summed E-state index contributed by atoms with van der Waals surface area (Å²) in [5.74, 6) is -0.739. The molecule has 0 saturated heterocycles. The number of phenolic OH excluding ortho intramolecular Hbond substituents is 2. The predicted octanol–water partition coefficient (Wildman–Crippen LogP) is 3.87. The van der Waals surface area contributed by atoms with Gasteiger partial charge in [0.05, 0.1) is 21.7 Å². The van der Waals surface area contributed by atoms with E-state index < -0.39 is 26.4 Å². The van der Waals surface area contributed by atoms with Crippen molar-refractivity contribution in [2.45, 2.75) is 18.7 Å². The first-order valence-electron chi connectivity index (χ1n) is 9.27. The number of aryl methyl sites for hydroxylation is 2. The Hall–Kier alpha value is -4.12. The molecule has 4 N–H and O–H groups in total. The molecule has 3 aromatic carbocycles. The number of anilines is 2. The third kappa shape index (κ3) is 4.95. The number of nitrogens with zero attached hydrogens (tertiary/aromatic N) is 2. The minimum absolute atomic E-state index is 0.0589. The number of nitro benzene ring substituents is 1. The van der Waals surface area contributed by atoms with E-state index in [2.05, 4.69) is 15.2 Å². The van der Waals surface area contributed by atoms with Crippen molar-refractivity contribution in [1.29, 1.82) is 0 Å². The molecule has 3 aromatic rings. The normalized spacial score (nSPS) is 11.4. The number of sulfonamides is 1. The standard InChI is InChI=1S/C21H20N4O6S/c1-13-6-8-17(14(2)10-13)24-32(30,31)16-7-9-18(19(11-16)25(28)29)23-22-12-15-4-3-5-20(26)21(15)27/h3-12,23-24,26-27H,1-2H3/b22-12+. The molecule has 0 aliphatic rings. The maximum Gasteiger partial charge on any atom is 0.295 e. The van der Waals surface area contributed by atoms with E-state index in [-0.39, 0.29) is 21.9 Å². The quantitative estimate of drug-likeness (QED) is 0.182. The largest absolute Gasteiger partial charge is 0.504 e. The van der Waals surface area contributed by atoms with Crippen LogP contribution in [0.3, 0.4) is 0 Å². The summed E-state index contributed by atoms with van der Waals surface area (Å²) in [7, 11) is -4.08. The average molecular weight is 456 g/mol. The highest BCUT2D eigenvalue weighted by Crippen LogP contribution is 2.30. The molecule has 0 spiro atoms. The van der Waals surface area contributed by atoms with Gasteiger partial charge in [-0.3, -0.25) is 20.3 Å². The maximum atomic E-state index is 12.8. The molecule has 0 aromatic heterocycles. The number of hydrogen-bond donors (Lipinski definition) is 4. The predicted molar refractivity (Wildman–Crippen MR) is 121 cm³/mol. The average Bonchev–Trinajstić information content (AvgIpc) is 2.73. The number of nitrogens with one attached hydrogen (secondary N) is 2. The van der Waals surface area contributed by atoms with Crippen LogP contribution in [0.15, 0.2) is 64.6 Å². The summed E-state index contributed by atoms with van der Waals surface area (Å²) in [6.07, 6.45) is 1.16.